The van der Waals surface area contributed by atoms with Gasteiger partial charge in [0.15, 0.2) is 5.16 Å². The predicted octanol–water partition coefficient (Wildman–Crippen LogP) is 3.68. The van der Waals surface area contributed by atoms with Gasteiger partial charge in [0, 0.05) is 16.5 Å². The number of hydrogen-bond acceptors (Lipinski definition) is 5. The van der Waals surface area contributed by atoms with E-state index in [4.69, 9.17) is 23.2 Å². The number of amides is 1. The van der Waals surface area contributed by atoms with Crippen molar-refractivity contribution in [1.29, 1.82) is 0 Å². The van der Waals surface area contributed by atoms with E-state index in [0.717, 1.165) is 23.4 Å². The number of nitrogens with zero attached hydrogens (tertiary/aromatic N) is 3. The van der Waals surface area contributed by atoms with Gasteiger partial charge in [0.05, 0.1) is 0 Å². The van der Waals surface area contributed by atoms with Gasteiger partial charge in [-0.1, -0.05) is 6.07 Å². The zero-order chi connectivity index (χ0) is 14.8. The molecule has 1 aromatic heterocycles. The summed E-state index contributed by atoms with van der Waals surface area (Å²) in [6.07, 6.45) is 1.95. The van der Waals surface area contributed by atoms with E-state index in [1.807, 2.05) is 24.3 Å². The summed E-state index contributed by atoms with van der Waals surface area (Å²) in [7, 11) is 0. The highest BCUT2D eigenvalue weighted by atomic mass is 35.5. The SMILES string of the molecule is O=C(Nc1cccc(Sc2nc(Cl)nc(Cl)n2)c1)C1CC1. The summed E-state index contributed by atoms with van der Waals surface area (Å²) in [5.41, 5.74) is 0.753. The normalized spacial score (nSPS) is 14.0. The molecule has 2 aromatic rings. The lowest BCUT2D eigenvalue weighted by Crippen LogP contribution is -2.13. The van der Waals surface area contributed by atoms with Crippen molar-refractivity contribution in [2.45, 2.75) is 22.9 Å². The Bertz CT molecular complexity index is 673. The van der Waals surface area contributed by atoms with Gasteiger partial charge in [-0.05, 0) is 66.0 Å². The van der Waals surface area contributed by atoms with E-state index < -0.39 is 0 Å². The number of carbonyl (C=O) groups excluding carboxylic acids is 1. The number of nitrogens with one attached hydrogen (secondary N) is 1. The average molecular weight is 341 g/mol. The molecule has 1 fully saturated rings. The number of benzene rings is 1. The van der Waals surface area contributed by atoms with Crippen molar-refractivity contribution in [3.63, 3.8) is 0 Å². The highest BCUT2D eigenvalue weighted by Gasteiger charge is 2.29. The van der Waals surface area contributed by atoms with Crippen molar-refractivity contribution in [2.75, 3.05) is 5.32 Å². The van der Waals surface area contributed by atoms with Crippen molar-refractivity contribution in [2.24, 2.45) is 5.92 Å². The van der Waals surface area contributed by atoms with Gasteiger partial charge < -0.3 is 5.32 Å². The Labute approximate surface area is 135 Å². The molecule has 0 radical (unpaired) electrons. The molecule has 108 valence electrons. The van der Waals surface area contributed by atoms with Crippen LogP contribution in [0.2, 0.25) is 10.6 Å². The number of aromatic nitrogens is 3. The third-order valence-electron chi connectivity index (χ3n) is 2.82. The number of anilines is 1. The van der Waals surface area contributed by atoms with Crippen LogP contribution in [0.5, 0.6) is 0 Å². The van der Waals surface area contributed by atoms with Gasteiger partial charge in [-0.15, -0.1) is 0 Å². The average Bonchev–Trinajstić information content (AvgIpc) is 3.21. The topological polar surface area (TPSA) is 67.8 Å². The monoisotopic (exact) mass is 340 g/mol. The molecule has 1 N–H and O–H groups in total. The molecule has 1 amide bonds. The van der Waals surface area contributed by atoms with Crippen LogP contribution in [0.3, 0.4) is 0 Å². The highest BCUT2D eigenvalue weighted by molar-refractivity contribution is 7.99. The summed E-state index contributed by atoms with van der Waals surface area (Å²) in [5.74, 6) is 0.242. The molecular weight excluding hydrogens is 331 g/mol. The van der Waals surface area contributed by atoms with Crippen LogP contribution < -0.4 is 5.32 Å². The van der Waals surface area contributed by atoms with Crippen molar-refractivity contribution in [3.05, 3.63) is 34.8 Å². The van der Waals surface area contributed by atoms with Gasteiger partial charge in [-0.2, -0.15) is 15.0 Å². The largest absolute Gasteiger partial charge is 0.326 e. The maximum absolute atomic E-state index is 11.7. The fourth-order valence-corrected chi connectivity index (χ4v) is 2.96. The number of carbonyl (C=O) groups is 1. The summed E-state index contributed by atoms with van der Waals surface area (Å²) < 4.78 is 0. The van der Waals surface area contributed by atoms with Crippen LogP contribution in [0, 0.1) is 5.92 Å². The van der Waals surface area contributed by atoms with Crippen molar-refractivity contribution in [3.8, 4) is 0 Å². The van der Waals surface area contributed by atoms with Gasteiger partial charge in [0.1, 0.15) is 0 Å². The Hall–Kier alpha value is -1.37. The number of hydrogen-bond donors (Lipinski definition) is 1. The summed E-state index contributed by atoms with van der Waals surface area (Å²) in [6, 6.07) is 7.45. The molecule has 21 heavy (non-hydrogen) atoms. The zero-order valence-electron chi connectivity index (χ0n) is 10.7. The Morgan fingerprint density at radius 3 is 2.57 bits per heavy atom. The van der Waals surface area contributed by atoms with Crippen LogP contribution in [-0.4, -0.2) is 20.9 Å². The second-order valence-electron chi connectivity index (χ2n) is 4.55. The lowest BCUT2D eigenvalue weighted by molar-refractivity contribution is -0.117. The van der Waals surface area contributed by atoms with E-state index in [0.29, 0.717) is 5.16 Å². The summed E-state index contributed by atoms with van der Waals surface area (Å²) >= 11 is 12.8. The first-order valence-corrected chi connectivity index (χ1v) is 7.83. The first-order chi connectivity index (χ1) is 10.1. The van der Waals surface area contributed by atoms with Crippen LogP contribution in [0.15, 0.2) is 34.3 Å². The summed E-state index contributed by atoms with van der Waals surface area (Å²) in [4.78, 5) is 24.3. The molecule has 0 bridgehead atoms. The molecule has 1 aromatic carbocycles. The minimum absolute atomic E-state index is 0.0516. The van der Waals surface area contributed by atoms with E-state index in [9.17, 15) is 4.79 Å². The third kappa shape index (κ3) is 4.06. The first kappa shape index (κ1) is 14.6. The Morgan fingerprint density at radius 1 is 1.19 bits per heavy atom. The van der Waals surface area contributed by atoms with Gasteiger partial charge >= 0.3 is 0 Å². The molecule has 0 aliphatic heterocycles. The van der Waals surface area contributed by atoms with E-state index in [-0.39, 0.29) is 22.4 Å². The van der Waals surface area contributed by atoms with Crippen LogP contribution in [0.1, 0.15) is 12.8 Å². The van der Waals surface area contributed by atoms with Crippen LogP contribution in [0.4, 0.5) is 5.69 Å². The summed E-state index contributed by atoms with van der Waals surface area (Å²) in [6.45, 7) is 0. The minimum Gasteiger partial charge on any atom is -0.326 e. The van der Waals surface area contributed by atoms with Gasteiger partial charge in [-0.3, -0.25) is 4.79 Å². The second-order valence-corrected chi connectivity index (χ2v) is 6.27. The molecule has 0 unspecified atom stereocenters. The fourth-order valence-electron chi connectivity index (χ4n) is 1.69. The van der Waals surface area contributed by atoms with Crippen LogP contribution in [-0.2, 0) is 4.79 Å². The zero-order valence-corrected chi connectivity index (χ0v) is 13.0. The van der Waals surface area contributed by atoms with Gasteiger partial charge in [0.2, 0.25) is 16.5 Å². The molecule has 1 aliphatic carbocycles. The van der Waals surface area contributed by atoms with E-state index in [1.165, 1.54) is 11.8 Å². The highest BCUT2D eigenvalue weighted by Crippen LogP contribution is 2.31. The van der Waals surface area contributed by atoms with Crippen LogP contribution in [0.25, 0.3) is 0 Å². The summed E-state index contributed by atoms with van der Waals surface area (Å²) in [5, 5.41) is 3.41. The lowest BCUT2D eigenvalue weighted by Gasteiger charge is -2.06. The first-order valence-electron chi connectivity index (χ1n) is 6.26. The maximum atomic E-state index is 11.7. The molecule has 5 nitrogen and oxygen atoms in total. The maximum Gasteiger partial charge on any atom is 0.227 e. The lowest BCUT2D eigenvalue weighted by atomic mass is 10.3. The smallest absolute Gasteiger partial charge is 0.227 e. The van der Waals surface area contributed by atoms with Crippen molar-refractivity contribution >= 4 is 46.6 Å². The predicted molar refractivity (Wildman–Crippen MR) is 81.8 cm³/mol. The Morgan fingerprint density at radius 2 is 1.90 bits per heavy atom. The molecule has 0 saturated heterocycles. The fraction of sp³-hybridized carbons (Fsp3) is 0.231. The molecule has 3 rings (SSSR count). The van der Waals surface area contributed by atoms with Gasteiger partial charge in [0.25, 0.3) is 0 Å². The van der Waals surface area contributed by atoms with Gasteiger partial charge in [-0.25, -0.2) is 0 Å². The molecule has 8 heteroatoms. The quantitative estimate of drug-likeness (QED) is 0.919. The van der Waals surface area contributed by atoms with Crippen LogP contribution >= 0.6 is 35.0 Å². The van der Waals surface area contributed by atoms with E-state index in [1.54, 1.807) is 0 Å². The molecule has 1 aliphatic rings. The van der Waals surface area contributed by atoms with E-state index >= 15 is 0 Å². The molecule has 0 spiro atoms. The second kappa shape index (κ2) is 6.17. The minimum atomic E-state index is 0.0516. The van der Waals surface area contributed by atoms with E-state index in [2.05, 4.69) is 20.3 Å². The molecule has 1 saturated carbocycles. The molecular formula is C13H10Cl2N4OS. The standard InChI is InChI=1S/C13H10Cl2N4OS/c14-11-17-12(15)19-13(18-11)21-9-3-1-2-8(6-9)16-10(20)7-4-5-7/h1-3,6-7H,4-5H2,(H,16,20). The number of halogens is 2. The Balaban J connectivity index is 1.74. The van der Waals surface area contributed by atoms with Crippen molar-refractivity contribution in [1.82, 2.24) is 15.0 Å². The van der Waals surface area contributed by atoms with Crippen molar-refractivity contribution < 1.29 is 4.79 Å². The number of rotatable bonds is 4. The molecule has 0 atom stereocenters. The third-order valence-corrected chi connectivity index (χ3v) is 4.01. The Kier molecular flexibility index (Phi) is 4.28. The molecule has 1 heterocycles.